The zero-order valence-electron chi connectivity index (χ0n) is 23.3. The predicted octanol–water partition coefficient (Wildman–Crippen LogP) is 4.97. The molecule has 2 heterocycles. The summed E-state index contributed by atoms with van der Waals surface area (Å²) >= 11 is 0. The number of pyridine rings is 2. The minimum atomic E-state index is -1.08. The molecule has 2 aromatic carbocycles. The Hall–Kier alpha value is -3.67. The SMILES string of the molecule is CC(=O)[O-].CC(C)(C)c1ccc([O-])c(-c2cccc(-c3cccc(-c4cc(C(C)(C)C)ccc4[O-])n3)n2)c1.[Mn+3]. The van der Waals surface area contributed by atoms with Crippen LogP contribution >= 0.6 is 0 Å². The van der Waals surface area contributed by atoms with E-state index in [1.165, 1.54) is 0 Å². The molecule has 0 amide bonds. The summed E-state index contributed by atoms with van der Waals surface area (Å²) < 4.78 is 0. The van der Waals surface area contributed by atoms with Gasteiger partial charge in [0.2, 0.25) is 0 Å². The van der Waals surface area contributed by atoms with Crippen LogP contribution in [0.15, 0.2) is 72.8 Å². The Morgan fingerprint density at radius 1 is 0.615 bits per heavy atom. The van der Waals surface area contributed by atoms with Gasteiger partial charge in [-0.1, -0.05) is 89.4 Å². The molecule has 0 spiro atoms. The second kappa shape index (κ2) is 12.5. The van der Waals surface area contributed by atoms with E-state index in [9.17, 15) is 10.2 Å². The Kier molecular flexibility index (Phi) is 10.1. The second-order valence-corrected chi connectivity index (χ2v) is 11.2. The average Bonchev–Trinajstić information content (AvgIpc) is 2.83. The molecular formula is C32H33MnN2O4. The molecule has 7 heteroatoms. The number of carbonyl (C=O) groups is 1. The first-order chi connectivity index (χ1) is 17.7. The van der Waals surface area contributed by atoms with Gasteiger partial charge in [0.25, 0.3) is 0 Å². The minimum absolute atomic E-state index is 0. The van der Waals surface area contributed by atoms with Crippen LogP contribution in [0.2, 0.25) is 0 Å². The minimum Gasteiger partial charge on any atom is -0.872 e. The summed E-state index contributed by atoms with van der Waals surface area (Å²) in [5.41, 5.74) is 5.68. The summed E-state index contributed by atoms with van der Waals surface area (Å²) in [7, 11) is 0. The fourth-order valence-corrected chi connectivity index (χ4v) is 3.85. The van der Waals surface area contributed by atoms with Gasteiger partial charge in [0, 0.05) is 5.97 Å². The van der Waals surface area contributed by atoms with Crippen molar-refractivity contribution in [3.63, 3.8) is 0 Å². The fourth-order valence-electron chi connectivity index (χ4n) is 3.85. The zero-order chi connectivity index (χ0) is 28.3. The van der Waals surface area contributed by atoms with Crippen molar-refractivity contribution in [1.82, 2.24) is 9.97 Å². The Morgan fingerprint density at radius 2 is 0.923 bits per heavy atom. The molecule has 202 valence electrons. The van der Waals surface area contributed by atoms with Gasteiger partial charge in [-0.3, -0.25) is 0 Å². The van der Waals surface area contributed by atoms with Gasteiger partial charge in [0.1, 0.15) is 0 Å². The Balaban J connectivity index is 0.000000998. The van der Waals surface area contributed by atoms with Crippen molar-refractivity contribution >= 4 is 5.97 Å². The molecule has 0 unspecified atom stereocenters. The number of aliphatic carboxylic acids is 1. The third-order valence-electron chi connectivity index (χ3n) is 6.00. The van der Waals surface area contributed by atoms with Gasteiger partial charge >= 0.3 is 17.1 Å². The van der Waals surface area contributed by atoms with Gasteiger partial charge in [0.15, 0.2) is 0 Å². The van der Waals surface area contributed by atoms with E-state index in [1.54, 1.807) is 12.1 Å². The molecule has 0 saturated carbocycles. The van der Waals surface area contributed by atoms with Crippen LogP contribution in [0.3, 0.4) is 0 Å². The number of aromatic nitrogens is 2. The van der Waals surface area contributed by atoms with Gasteiger partial charge in [-0.2, -0.15) is 0 Å². The molecular weight excluding hydrogens is 531 g/mol. The smallest absolute Gasteiger partial charge is 0.872 e. The summed E-state index contributed by atoms with van der Waals surface area (Å²) in [6, 6.07) is 22.1. The van der Waals surface area contributed by atoms with E-state index in [0.29, 0.717) is 33.9 Å². The zero-order valence-corrected chi connectivity index (χ0v) is 24.5. The average molecular weight is 565 g/mol. The normalized spacial score (nSPS) is 11.2. The molecule has 0 atom stereocenters. The maximum atomic E-state index is 12.6. The molecule has 0 bridgehead atoms. The van der Waals surface area contributed by atoms with E-state index in [4.69, 9.17) is 19.9 Å². The number of rotatable bonds is 3. The summed E-state index contributed by atoms with van der Waals surface area (Å²) in [6.45, 7) is 13.7. The van der Waals surface area contributed by atoms with Gasteiger partial charge < -0.3 is 20.1 Å². The number of nitrogens with zero attached hydrogens (tertiary/aromatic N) is 2. The van der Waals surface area contributed by atoms with Crippen LogP contribution < -0.4 is 15.3 Å². The topological polar surface area (TPSA) is 112 Å². The number of benzene rings is 2. The summed E-state index contributed by atoms with van der Waals surface area (Å²) in [5.74, 6) is -1.20. The molecule has 0 fully saturated rings. The van der Waals surface area contributed by atoms with Crippen LogP contribution in [0.5, 0.6) is 11.5 Å². The number of hydrogen-bond acceptors (Lipinski definition) is 6. The Labute approximate surface area is 241 Å². The van der Waals surface area contributed by atoms with E-state index < -0.39 is 5.97 Å². The third kappa shape index (κ3) is 8.16. The second-order valence-electron chi connectivity index (χ2n) is 11.2. The van der Waals surface area contributed by atoms with E-state index in [-0.39, 0.29) is 39.4 Å². The van der Waals surface area contributed by atoms with Crippen molar-refractivity contribution in [1.29, 1.82) is 0 Å². The van der Waals surface area contributed by atoms with Crippen LogP contribution in [0.25, 0.3) is 33.9 Å². The molecule has 0 aliphatic carbocycles. The van der Waals surface area contributed by atoms with Crippen LogP contribution in [0, 0.1) is 0 Å². The summed E-state index contributed by atoms with van der Waals surface area (Å²) in [4.78, 5) is 18.4. The third-order valence-corrected chi connectivity index (χ3v) is 6.00. The van der Waals surface area contributed by atoms with Gasteiger partial charge in [0.05, 0.1) is 22.8 Å². The van der Waals surface area contributed by atoms with Crippen molar-refractivity contribution in [3.05, 3.63) is 83.9 Å². The molecule has 4 aromatic rings. The Bertz CT molecular complexity index is 1340. The van der Waals surface area contributed by atoms with E-state index in [2.05, 4.69) is 41.5 Å². The molecule has 0 saturated heterocycles. The standard InChI is InChI=1S/C30H32N2O2.C2H4O2.Mn/c1-29(2,3)19-13-15-27(33)21(17-19)23-9-7-11-25(31-23)26-12-8-10-24(32-26)22-18-20(30(4,5)6)14-16-28(22)34;1-2(3)4;/h7-18,33-34H,1-6H3;1H3,(H,3,4);/q;;+3/p-3. The molecule has 4 rings (SSSR count). The maximum absolute atomic E-state index is 12.6. The van der Waals surface area contributed by atoms with Crippen LogP contribution in [-0.2, 0) is 32.7 Å². The fraction of sp³-hybridized carbons (Fsp3) is 0.281. The van der Waals surface area contributed by atoms with Gasteiger partial charge in [-0.15, -0.1) is 0 Å². The van der Waals surface area contributed by atoms with E-state index in [0.717, 1.165) is 18.1 Å². The molecule has 0 N–H and O–H groups in total. The summed E-state index contributed by atoms with van der Waals surface area (Å²) in [5, 5.41) is 34.2. The Morgan fingerprint density at radius 3 is 1.23 bits per heavy atom. The first-order valence-corrected chi connectivity index (χ1v) is 12.4. The van der Waals surface area contributed by atoms with Crippen LogP contribution in [0.1, 0.15) is 59.6 Å². The van der Waals surface area contributed by atoms with E-state index in [1.807, 2.05) is 60.7 Å². The molecule has 6 nitrogen and oxygen atoms in total. The molecule has 0 aliphatic heterocycles. The van der Waals surface area contributed by atoms with Crippen molar-refractivity contribution in [2.75, 3.05) is 0 Å². The molecule has 39 heavy (non-hydrogen) atoms. The monoisotopic (exact) mass is 564 g/mol. The van der Waals surface area contributed by atoms with Crippen molar-refractivity contribution in [2.24, 2.45) is 0 Å². The van der Waals surface area contributed by atoms with Gasteiger partial charge in [-0.05, 0) is 76.4 Å². The molecule has 2 aromatic heterocycles. The predicted molar refractivity (Wildman–Crippen MR) is 145 cm³/mol. The van der Waals surface area contributed by atoms with Crippen molar-refractivity contribution in [2.45, 2.75) is 59.3 Å². The largest absolute Gasteiger partial charge is 3.00 e. The first kappa shape index (κ1) is 31.5. The number of carboxylic acid groups (broad SMARTS) is 1. The van der Waals surface area contributed by atoms with Gasteiger partial charge in [-0.25, -0.2) is 9.97 Å². The first-order valence-electron chi connectivity index (χ1n) is 12.4. The van der Waals surface area contributed by atoms with Crippen molar-refractivity contribution < 1.29 is 37.2 Å². The number of carbonyl (C=O) groups excluding carboxylic acids is 1. The summed E-state index contributed by atoms with van der Waals surface area (Å²) in [6.07, 6.45) is 0. The molecule has 0 radical (unpaired) electrons. The van der Waals surface area contributed by atoms with E-state index >= 15 is 0 Å². The quantitative estimate of drug-likeness (QED) is 0.325. The number of carboxylic acids is 1. The van der Waals surface area contributed by atoms with Crippen LogP contribution in [0.4, 0.5) is 0 Å². The maximum Gasteiger partial charge on any atom is 3.00 e. The number of hydrogen-bond donors (Lipinski definition) is 0. The molecule has 0 aliphatic rings. The van der Waals surface area contributed by atoms with Crippen molar-refractivity contribution in [3.8, 4) is 45.4 Å². The van der Waals surface area contributed by atoms with Crippen LogP contribution in [-0.4, -0.2) is 15.9 Å².